The molecule has 0 amide bonds. The van der Waals surface area contributed by atoms with Crippen LogP contribution in [0.25, 0.3) is 0 Å². The summed E-state index contributed by atoms with van der Waals surface area (Å²) in [5.41, 5.74) is 3.45. The largest absolute Gasteiger partial charge is 0.308 e. The third kappa shape index (κ3) is 2.50. The van der Waals surface area contributed by atoms with Crippen molar-refractivity contribution < 1.29 is 0 Å². The van der Waals surface area contributed by atoms with Gasteiger partial charge in [-0.1, -0.05) is 27.2 Å². The van der Waals surface area contributed by atoms with E-state index in [1.165, 1.54) is 11.1 Å². The van der Waals surface area contributed by atoms with Crippen LogP contribution in [0.2, 0.25) is 0 Å². The summed E-state index contributed by atoms with van der Waals surface area (Å²) >= 11 is 6.94. The Labute approximate surface area is 123 Å². The Morgan fingerprint density at radius 1 is 1.33 bits per heavy atom. The number of rotatable bonds is 3. The van der Waals surface area contributed by atoms with E-state index in [4.69, 9.17) is 0 Å². The van der Waals surface area contributed by atoms with Crippen molar-refractivity contribution in [1.82, 2.24) is 20.3 Å². The van der Waals surface area contributed by atoms with Gasteiger partial charge in [0.25, 0.3) is 0 Å². The van der Waals surface area contributed by atoms with Crippen molar-refractivity contribution in [2.24, 2.45) is 7.05 Å². The number of nitrogens with zero attached hydrogens (tertiary/aromatic N) is 3. The quantitative estimate of drug-likeness (QED) is 0.899. The van der Waals surface area contributed by atoms with E-state index in [0.29, 0.717) is 0 Å². The molecule has 96 valence electrons. The minimum atomic E-state index is 0.0625. The molecule has 18 heavy (non-hydrogen) atoms. The molecule has 0 spiro atoms. The first-order valence-electron chi connectivity index (χ1n) is 5.53. The second-order valence-electron chi connectivity index (χ2n) is 4.11. The zero-order chi connectivity index (χ0) is 13.3. The molecule has 1 unspecified atom stereocenters. The van der Waals surface area contributed by atoms with Gasteiger partial charge in [-0.15, -0.1) is 5.10 Å². The number of benzene rings is 1. The van der Waals surface area contributed by atoms with Gasteiger partial charge in [-0.05, 0) is 53.2 Å². The number of aryl methyl sites for hydroxylation is 2. The van der Waals surface area contributed by atoms with Gasteiger partial charge < -0.3 is 5.32 Å². The van der Waals surface area contributed by atoms with Crippen molar-refractivity contribution in [3.8, 4) is 0 Å². The summed E-state index contributed by atoms with van der Waals surface area (Å²) in [6.45, 7) is 2.10. The van der Waals surface area contributed by atoms with E-state index in [1.807, 2.05) is 20.2 Å². The van der Waals surface area contributed by atoms with E-state index in [2.05, 4.69) is 66.5 Å². The number of hydrogen-bond acceptors (Lipinski definition) is 3. The topological polar surface area (TPSA) is 42.7 Å². The van der Waals surface area contributed by atoms with E-state index in [0.717, 1.165) is 14.8 Å². The standard InChI is InChI=1S/C12H14Br2N4/c1-7-6-8(13)4-5-9(7)10(15-2)11-12(14)16-17-18(11)3/h4-6,10,15H,1-3H3. The molecule has 0 aliphatic carbocycles. The highest BCUT2D eigenvalue weighted by molar-refractivity contribution is 9.10. The highest BCUT2D eigenvalue weighted by Crippen LogP contribution is 2.29. The van der Waals surface area contributed by atoms with Gasteiger partial charge in [-0.25, -0.2) is 4.68 Å². The van der Waals surface area contributed by atoms with Gasteiger partial charge in [-0.3, -0.25) is 0 Å². The van der Waals surface area contributed by atoms with Crippen molar-refractivity contribution in [2.45, 2.75) is 13.0 Å². The van der Waals surface area contributed by atoms with Gasteiger partial charge in [0.1, 0.15) is 0 Å². The summed E-state index contributed by atoms with van der Waals surface area (Å²) < 4.78 is 3.64. The summed E-state index contributed by atoms with van der Waals surface area (Å²) in [5, 5.41) is 11.4. The molecule has 0 saturated heterocycles. The molecule has 0 bridgehead atoms. The van der Waals surface area contributed by atoms with Crippen molar-refractivity contribution in [2.75, 3.05) is 7.05 Å². The number of hydrogen-bond donors (Lipinski definition) is 1. The second-order valence-corrected chi connectivity index (χ2v) is 5.78. The maximum atomic E-state index is 4.04. The van der Waals surface area contributed by atoms with Crippen LogP contribution in [0.15, 0.2) is 27.3 Å². The third-order valence-corrected chi connectivity index (χ3v) is 3.99. The highest BCUT2D eigenvalue weighted by atomic mass is 79.9. The van der Waals surface area contributed by atoms with Gasteiger partial charge in [-0.2, -0.15) is 0 Å². The molecule has 0 saturated carbocycles. The zero-order valence-electron chi connectivity index (χ0n) is 10.4. The lowest BCUT2D eigenvalue weighted by Gasteiger charge is -2.19. The molecule has 2 aromatic rings. The van der Waals surface area contributed by atoms with E-state index < -0.39 is 0 Å². The minimum Gasteiger partial charge on any atom is -0.308 e. The molecule has 0 radical (unpaired) electrons. The van der Waals surface area contributed by atoms with Crippen molar-refractivity contribution in [1.29, 1.82) is 0 Å². The first-order chi connectivity index (χ1) is 8.54. The van der Waals surface area contributed by atoms with Crippen LogP contribution < -0.4 is 5.32 Å². The Morgan fingerprint density at radius 3 is 2.56 bits per heavy atom. The summed E-state index contributed by atoms with van der Waals surface area (Å²) in [6.07, 6.45) is 0. The highest BCUT2D eigenvalue weighted by Gasteiger charge is 2.21. The minimum absolute atomic E-state index is 0.0625. The number of halogens is 2. The summed E-state index contributed by atoms with van der Waals surface area (Å²) in [7, 11) is 3.83. The molecular formula is C12H14Br2N4. The maximum Gasteiger partial charge on any atom is 0.153 e. The SMILES string of the molecule is CNC(c1ccc(Br)cc1C)c1c(Br)nnn1C. The number of aromatic nitrogens is 3. The fraction of sp³-hybridized carbons (Fsp3) is 0.333. The van der Waals surface area contributed by atoms with Crippen LogP contribution in [0.3, 0.4) is 0 Å². The molecule has 1 aromatic carbocycles. The molecule has 4 nitrogen and oxygen atoms in total. The molecule has 1 aromatic heterocycles. The lowest BCUT2D eigenvalue weighted by atomic mass is 9.99. The van der Waals surface area contributed by atoms with Gasteiger partial charge in [0.05, 0.1) is 11.7 Å². The van der Waals surface area contributed by atoms with Crippen molar-refractivity contribution in [3.63, 3.8) is 0 Å². The van der Waals surface area contributed by atoms with Gasteiger partial charge in [0, 0.05) is 11.5 Å². The summed E-state index contributed by atoms with van der Waals surface area (Å²) in [4.78, 5) is 0. The molecule has 1 heterocycles. The number of nitrogens with one attached hydrogen (secondary N) is 1. The van der Waals surface area contributed by atoms with Gasteiger partial charge in [0.15, 0.2) is 4.60 Å². The third-order valence-electron chi connectivity index (χ3n) is 2.93. The molecule has 6 heteroatoms. The van der Waals surface area contributed by atoms with E-state index in [-0.39, 0.29) is 6.04 Å². The Hall–Kier alpha value is -0.720. The Kier molecular flexibility index (Phi) is 4.19. The predicted molar refractivity (Wildman–Crippen MR) is 78.5 cm³/mol. The smallest absolute Gasteiger partial charge is 0.153 e. The Bertz CT molecular complexity index is 546. The first kappa shape index (κ1) is 13.7. The van der Waals surface area contributed by atoms with Gasteiger partial charge in [0.2, 0.25) is 0 Å². The summed E-state index contributed by atoms with van der Waals surface area (Å²) in [6, 6.07) is 6.33. The summed E-state index contributed by atoms with van der Waals surface area (Å²) in [5.74, 6) is 0. The predicted octanol–water partition coefficient (Wildman–Crippen LogP) is 2.96. The monoisotopic (exact) mass is 372 g/mol. The van der Waals surface area contributed by atoms with Crippen LogP contribution in [0.5, 0.6) is 0 Å². The van der Waals surface area contributed by atoms with Crippen LogP contribution >= 0.6 is 31.9 Å². The zero-order valence-corrected chi connectivity index (χ0v) is 13.6. The lowest BCUT2D eigenvalue weighted by Crippen LogP contribution is -2.22. The molecular weight excluding hydrogens is 360 g/mol. The lowest BCUT2D eigenvalue weighted by molar-refractivity contribution is 0.595. The molecule has 1 N–H and O–H groups in total. The van der Waals surface area contributed by atoms with E-state index in [9.17, 15) is 0 Å². The van der Waals surface area contributed by atoms with Crippen LogP contribution in [0, 0.1) is 6.92 Å². The van der Waals surface area contributed by atoms with Crippen molar-refractivity contribution >= 4 is 31.9 Å². The maximum absolute atomic E-state index is 4.04. The fourth-order valence-electron chi connectivity index (χ4n) is 2.05. The van der Waals surface area contributed by atoms with E-state index >= 15 is 0 Å². The Morgan fingerprint density at radius 2 is 2.06 bits per heavy atom. The van der Waals surface area contributed by atoms with Crippen LogP contribution in [-0.4, -0.2) is 22.0 Å². The van der Waals surface area contributed by atoms with Crippen LogP contribution in [0.1, 0.15) is 22.9 Å². The molecule has 0 aliphatic rings. The normalized spacial score (nSPS) is 12.7. The van der Waals surface area contributed by atoms with Crippen LogP contribution in [0.4, 0.5) is 0 Å². The van der Waals surface area contributed by atoms with Crippen LogP contribution in [-0.2, 0) is 7.05 Å². The molecule has 0 aliphatic heterocycles. The molecule has 2 rings (SSSR count). The average Bonchev–Trinajstić information content (AvgIpc) is 2.64. The first-order valence-corrected chi connectivity index (χ1v) is 7.11. The fourth-order valence-corrected chi connectivity index (χ4v) is 3.08. The van der Waals surface area contributed by atoms with Crippen molar-refractivity contribution in [3.05, 3.63) is 44.1 Å². The average molecular weight is 374 g/mol. The van der Waals surface area contributed by atoms with Gasteiger partial charge >= 0.3 is 0 Å². The molecule has 0 fully saturated rings. The second kappa shape index (κ2) is 5.50. The van der Waals surface area contributed by atoms with E-state index in [1.54, 1.807) is 4.68 Å². The molecule has 1 atom stereocenters. The Balaban J connectivity index is 2.52.